The van der Waals surface area contributed by atoms with E-state index in [1.54, 1.807) is 4.90 Å². The van der Waals surface area contributed by atoms with Crippen LogP contribution in [0.2, 0.25) is 0 Å². The number of hydrogen-bond donors (Lipinski definition) is 1. The molecule has 2 rings (SSSR count). The van der Waals surface area contributed by atoms with Gasteiger partial charge in [-0.3, -0.25) is 9.59 Å². The molecule has 98 valence electrons. The van der Waals surface area contributed by atoms with Crippen LogP contribution >= 0.6 is 0 Å². The molecule has 0 radical (unpaired) electrons. The standard InChI is InChI=1S/C12H16N2O4/c1-2-12(11(16)17)4-7-14(8-5-12)10(15)9-3-6-13-18-9/h3,6H,2,4-5,7-8H2,1H3,(H,16,17). The van der Waals surface area contributed by atoms with Crippen molar-refractivity contribution in [1.29, 1.82) is 0 Å². The lowest BCUT2D eigenvalue weighted by Crippen LogP contribution is -2.46. The number of amides is 1. The SMILES string of the molecule is CCC1(C(=O)O)CCN(C(=O)c2ccno2)CC1. The molecule has 6 nitrogen and oxygen atoms in total. The Morgan fingerprint density at radius 3 is 2.61 bits per heavy atom. The largest absolute Gasteiger partial charge is 0.481 e. The number of nitrogens with zero attached hydrogens (tertiary/aromatic N) is 2. The molecule has 0 saturated carbocycles. The quantitative estimate of drug-likeness (QED) is 0.878. The predicted octanol–water partition coefficient (Wildman–Crippen LogP) is 1.39. The second-order valence-corrected chi connectivity index (χ2v) is 4.61. The van der Waals surface area contributed by atoms with Gasteiger partial charge in [0, 0.05) is 19.2 Å². The van der Waals surface area contributed by atoms with Crippen molar-refractivity contribution in [2.24, 2.45) is 5.41 Å². The third-order valence-electron chi connectivity index (χ3n) is 3.79. The van der Waals surface area contributed by atoms with E-state index in [4.69, 9.17) is 4.52 Å². The summed E-state index contributed by atoms with van der Waals surface area (Å²) in [7, 11) is 0. The Bertz CT molecular complexity index is 433. The number of carbonyl (C=O) groups excluding carboxylic acids is 1. The summed E-state index contributed by atoms with van der Waals surface area (Å²) in [6, 6.07) is 1.52. The number of aromatic nitrogens is 1. The number of likely N-dealkylation sites (tertiary alicyclic amines) is 1. The van der Waals surface area contributed by atoms with E-state index in [1.807, 2.05) is 6.92 Å². The maximum absolute atomic E-state index is 12.0. The summed E-state index contributed by atoms with van der Waals surface area (Å²) in [5, 5.41) is 12.8. The van der Waals surface area contributed by atoms with Crippen LogP contribution in [0.4, 0.5) is 0 Å². The molecule has 2 heterocycles. The van der Waals surface area contributed by atoms with Crippen LogP contribution in [0.15, 0.2) is 16.8 Å². The summed E-state index contributed by atoms with van der Waals surface area (Å²) in [5.74, 6) is -0.784. The van der Waals surface area contributed by atoms with Gasteiger partial charge in [0.2, 0.25) is 5.76 Å². The zero-order valence-corrected chi connectivity index (χ0v) is 10.3. The summed E-state index contributed by atoms with van der Waals surface area (Å²) in [6.45, 7) is 2.77. The minimum absolute atomic E-state index is 0.203. The van der Waals surface area contributed by atoms with Crippen LogP contribution in [0.1, 0.15) is 36.7 Å². The van der Waals surface area contributed by atoms with Crippen LogP contribution in [0.5, 0.6) is 0 Å². The van der Waals surface area contributed by atoms with E-state index >= 15 is 0 Å². The fourth-order valence-electron chi connectivity index (χ4n) is 2.34. The Morgan fingerprint density at radius 2 is 2.17 bits per heavy atom. The van der Waals surface area contributed by atoms with Crippen molar-refractivity contribution in [2.75, 3.05) is 13.1 Å². The van der Waals surface area contributed by atoms with E-state index in [0.29, 0.717) is 32.4 Å². The second kappa shape index (κ2) is 4.80. The van der Waals surface area contributed by atoms with Gasteiger partial charge in [-0.2, -0.15) is 0 Å². The van der Waals surface area contributed by atoms with Gasteiger partial charge in [0.15, 0.2) is 0 Å². The molecule has 1 N–H and O–H groups in total. The first kappa shape index (κ1) is 12.6. The summed E-state index contributed by atoms with van der Waals surface area (Å²) >= 11 is 0. The molecule has 0 bridgehead atoms. The minimum Gasteiger partial charge on any atom is -0.481 e. The van der Waals surface area contributed by atoms with E-state index in [9.17, 15) is 14.7 Å². The smallest absolute Gasteiger partial charge is 0.309 e. The normalized spacial score (nSPS) is 18.6. The third-order valence-corrected chi connectivity index (χ3v) is 3.79. The van der Waals surface area contributed by atoms with Gasteiger partial charge in [0.1, 0.15) is 0 Å². The number of piperidine rings is 1. The molecule has 0 aromatic carbocycles. The van der Waals surface area contributed by atoms with Gasteiger partial charge in [-0.05, 0) is 19.3 Å². The number of hydrogen-bond acceptors (Lipinski definition) is 4. The number of carbonyl (C=O) groups is 2. The zero-order chi connectivity index (χ0) is 13.2. The predicted molar refractivity (Wildman–Crippen MR) is 62.0 cm³/mol. The van der Waals surface area contributed by atoms with Crippen molar-refractivity contribution in [1.82, 2.24) is 10.1 Å². The van der Waals surface area contributed by atoms with Gasteiger partial charge in [-0.1, -0.05) is 12.1 Å². The topological polar surface area (TPSA) is 83.6 Å². The van der Waals surface area contributed by atoms with Crippen molar-refractivity contribution in [3.8, 4) is 0 Å². The maximum Gasteiger partial charge on any atom is 0.309 e. The van der Waals surface area contributed by atoms with Crippen LogP contribution in [0.3, 0.4) is 0 Å². The molecule has 0 spiro atoms. The lowest BCUT2D eigenvalue weighted by Gasteiger charge is -2.37. The van der Waals surface area contributed by atoms with E-state index in [1.165, 1.54) is 12.3 Å². The average molecular weight is 252 g/mol. The van der Waals surface area contributed by atoms with Crippen molar-refractivity contribution >= 4 is 11.9 Å². The Labute approximate surface area is 105 Å². The highest BCUT2D eigenvalue weighted by atomic mass is 16.5. The number of carboxylic acids is 1. The molecule has 1 amide bonds. The fraction of sp³-hybridized carbons (Fsp3) is 0.583. The van der Waals surface area contributed by atoms with Gasteiger partial charge in [-0.15, -0.1) is 0 Å². The van der Waals surface area contributed by atoms with Gasteiger partial charge < -0.3 is 14.5 Å². The van der Waals surface area contributed by atoms with E-state index in [-0.39, 0.29) is 11.7 Å². The van der Waals surface area contributed by atoms with E-state index < -0.39 is 11.4 Å². The third kappa shape index (κ3) is 2.10. The lowest BCUT2D eigenvalue weighted by molar-refractivity contribution is -0.152. The summed E-state index contributed by atoms with van der Waals surface area (Å²) in [5.41, 5.74) is -0.682. The molecule has 1 aromatic rings. The Kier molecular flexibility index (Phi) is 3.36. The molecule has 1 aliphatic rings. The van der Waals surface area contributed by atoms with Gasteiger partial charge in [0.25, 0.3) is 5.91 Å². The average Bonchev–Trinajstić information content (AvgIpc) is 2.91. The first-order valence-electron chi connectivity index (χ1n) is 6.02. The van der Waals surface area contributed by atoms with Crippen molar-refractivity contribution in [3.05, 3.63) is 18.0 Å². The highest BCUT2D eigenvalue weighted by Crippen LogP contribution is 2.35. The molecular weight excluding hydrogens is 236 g/mol. The highest BCUT2D eigenvalue weighted by Gasteiger charge is 2.41. The van der Waals surface area contributed by atoms with Crippen LogP contribution in [-0.2, 0) is 4.79 Å². The zero-order valence-electron chi connectivity index (χ0n) is 10.3. The van der Waals surface area contributed by atoms with E-state index in [2.05, 4.69) is 5.16 Å². The Hall–Kier alpha value is -1.85. The summed E-state index contributed by atoms with van der Waals surface area (Å²) in [6.07, 6.45) is 2.98. The fourth-order valence-corrected chi connectivity index (χ4v) is 2.34. The van der Waals surface area contributed by atoms with E-state index in [0.717, 1.165) is 0 Å². The van der Waals surface area contributed by atoms with Gasteiger partial charge >= 0.3 is 5.97 Å². The molecule has 18 heavy (non-hydrogen) atoms. The van der Waals surface area contributed by atoms with Crippen LogP contribution in [0, 0.1) is 5.41 Å². The Morgan fingerprint density at radius 1 is 1.50 bits per heavy atom. The van der Waals surface area contributed by atoms with Crippen LogP contribution in [-0.4, -0.2) is 40.1 Å². The number of rotatable bonds is 3. The summed E-state index contributed by atoms with van der Waals surface area (Å²) < 4.78 is 4.82. The lowest BCUT2D eigenvalue weighted by atomic mass is 9.76. The molecule has 1 aliphatic heterocycles. The molecule has 1 aromatic heterocycles. The Balaban J connectivity index is 2.02. The van der Waals surface area contributed by atoms with Gasteiger partial charge in [0.05, 0.1) is 11.6 Å². The molecule has 0 unspecified atom stereocenters. The first-order valence-corrected chi connectivity index (χ1v) is 6.02. The van der Waals surface area contributed by atoms with Crippen molar-refractivity contribution in [2.45, 2.75) is 26.2 Å². The number of aliphatic carboxylic acids is 1. The maximum atomic E-state index is 12.0. The molecule has 1 saturated heterocycles. The number of carboxylic acid groups (broad SMARTS) is 1. The monoisotopic (exact) mass is 252 g/mol. The minimum atomic E-state index is -0.767. The molecule has 0 atom stereocenters. The van der Waals surface area contributed by atoms with Crippen molar-refractivity contribution in [3.63, 3.8) is 0 Å². The highest BCUT2D eigenvalue weighted by molar-refractivity contribution is 5.91. The van der Waals surface area contributed by atoms with Gasteiger partial charge in [-0.25, -0.2) is 0 Å². The molecule has 6 heteroatoms. The van der Waals surface area contributed by atoms with Crippen LogP contribution < -0.4 is 0 Å². The first-order chi connectivity index (χ1) is 8.59. The second-order valence-electron chi connectivity index (χ2n) is 4.61. The van der Waals surface area contributed by atoms with Crippen LogP contribution in [0.25, 0.3) is 0 Å². The summed E-state index contributed by atoms with van der Waals surface area (Å²) in [4.78, 5) is 24.9. The molecule has 1 fully saturated rings. The van der Waals surface area contributed by atoms with Crippen molar-refractivity contribution < 1.29 is 19.2 Å². The molecule has 0 aliphatic carbocycles. The molecular formula is C12H16N2O4.